The average Bonchev–Trinajstić information content (AvgIpc) is 2.94. The molecule has 0 radical (unpaired) electrons. The largest absolute Gasteiger partial charge is 0.355 e. The van der Waals surface area contributed by atoms with E-state index in [0.29, 0.717) is 5.95 Å². The maximum atomic E-state index is 4.67. The Kier molecular flexibility index (Phi) is 5.15. The van der Waals surface area contributed by atoms with E-state index >= 15 is 0 Å². The molecule has 110 valence electrons. The molecule has 6 heteroatoms. The van der Waals surface area contributed by atoms with E-state index in [9.17, 15) is 0 Å². The predicted molar refractivity (Wildman–Crippen MR) is 83.3 cm³/mol. The molecule has 0 aliphatic heterocycles. The van der Waals surface area contributed by atoms with Crippen LogP contribution in [0.4, 0.5) is 11.8 Å². The van der Waals surface area contributed by atoms with Gasteiger partial charge in [-0.2, -0.15) is 9.97 Å². The van der Waals surface area contributed by atoms with Crippen LogP contribution >= 0.6 is 0 Å². The minimum Gasteiger partial charge on any atom is -0.355 e. The van der Waals surface area contributed by atoms with Gasteiger partial charge in [0.15, 0.2) is 11.5 Å². The van der Waals surface area contributed by atoms with Crippen LogP contribution in [0.1, 0.15) is 40.0 Å². The Morgan fingerprint density at radius 2 is 2.05 bits per heavy atom. The van der Waals surface area contributed by atoms with Crippen molar-refractivity contribution in [1.82, 2.24) is 19.9 Å². The van der Waals surface area contributed by atoms with Crippen molar-refractivity contribution in [2.45, 2.75) is 40.0 Å². The smallest absolute Gasteiger partial charge is 0.226 e. The summed E-state index contributed by atoms with van der Waals surface area (Å²) in [5, 5.41) is 3.25. The third-order valence-corrected chi connectivity index (χ3v) is 3.26. The van der Waals surface area contributed by atoms with Crippen molar-refractivity contribution in [3.8, 4) is 0 Å². The molecule has 0 saturated heterocycles. The van der Waals surface area contributed by atoms with Crippen LogP contribution in [0, 0.1) is 0 Å². The molecule has 6 nitrogen and oxygen atoms in total. The minimum absolute atomic E-state index is 0.663. The van der Waals surface area contributed by atoms with Crippen molar-refractivity contribution in [2.75, 3.05) is 29.9 Å². The molecular formula is C14H24N6. The molecule has 2 heterocycles. The first-order valence-corrected chi connectivity index (χ1v) is 7.50. The van der Waals surface area contributed by atoms with Gasteiger partial charge in [-0.25, -0.2) is 4.98 Å². The summed E-state index contributed by atoms with van der Waals surface area (Å²) in [7, 11) is 0. The molecule has 0 aromatic carbocycles. The van der Waals surface area contributed by atoms with Crippen LogP contribution < -0.4 is 10.2 Å². The maximum Gasteiger partial charge on any atom is 0.226 e. The number of anilines is 2. The Labute approximate surface area is 120 Å². The van der Waals surface area contributed by atoms with Gasteiger partial charge in [-0.05, 0) is 19.8 Å². The van der Waals surface area contributed by atoms with Gasteiger partial charge in [0.1, 0.15) is 5.52 Å². The number of hydrogen-bond acceptors (Lipinski definition) is 5. The summed E-state index contributed by atoms with van der Waals surface area (Å²) in [6.45, 7) is 9.29. The van der Waals surface area contributed by atoms with Gasteiger partial charge < -0.3 is 15.2 Å². The lowest BCUT2D eigenvalue weighted by Crippen LogP contribution is -2.25. The highest BCUT2D eigenvalue weighted by Crippen LogP contribution is 2.22. The summed E-state index contributed by atoms with van der Waals surface area (Å²) < 4.78 is 0. The Morgan fingerprint density at radius 3 is 2.75 bits per heavy atom. The summed E-state index contributed by atoms with van der Waals surface area (Å²) in [4.78, 5) is 18.8. The van der Waals surface area contributed by atoms with Gasteiger partial charge in [0.25, 0.3) is 0 Å². The monoisotopic (exact) mass is 276 g/mol. The molecule has 0 bridgehead atoms. The third kappa shape index (κ3) is 3.18. The number of aromatic amines is 1. The highest BCUT2D eigenvalue weighted by molar-refractivity contribution is 5.84. The van der Waals surface area contributed by atoms with E-state index in [1.54, 1.807) is 6.33 Å². The van der Waals surface area contributed by atoms with E-state index in [1.165, 1.54) is 6.42 Å². The molecule has 0 amide bonds. The lowest BCUT2D eigenvalue weighted by molar-refractivity contribution is 0.725. The fourth-order valence-electron chi connectivity index (χ4n) is 2.13. The van der Waals surface area contributed by atoms with E-state index in [0.717, 1.165) is 49.5 Å². The van der Waals surface area contributed by atoms with Crippen molar-refractivity contribution in [1.29, 1.82) is 0 Å². The van der Waals surface area contributed by atoms with Crippen molar-refractivity contribution < 1.29 is 0 Å². The van der Waals surface area contributed by atoms with E-state index in [-0.39, 0.29) is 0 Å². The number of nitrogens with zero attached hydrogens (tertiary/aromatic N) is 4. The van der Waals surface area contributed by atoms with E-state index in [1.807, 2.05) is 0 Å². The SMILES string of the molecule is CCCCN(CC)c1nc(NCCC)nc2nc[nH]c12. The van der Waals surface area contributed by atoms with Crippen LogP contribution in [0.5, 0.6) is 0 Å². The number of rotatable bonds is 8. The van der Waals surface area contributed by atoms with Gasteiger partial charge in [0, 0.05) is 19.6 Å². The third-order valence-electron chi connectivity index (χ3n) is 3.26. The standard InChI is InChI=1S/C14H24N6/c1-4-7-9-20(6-3)13-11-12(17-10-16-11)18-14(19-13)15-8-5-2/h10H,4-9H2,1-3H3,(H2,15,16,17,18,19). The van der Waals surface area contributed by atoms with Crippen LogP contribution in [0.25, 0.3) is 11.2 Å². The summed E-state index contributed by atoms with van der Waals surface area (Å²) in [5.74, 6) is 1.61. The number of hydrogen-bond donors (Lipinski definition) is 2. The Bertz CT molecular complexity index is 535. The van der Waals surface area contributed by atoms with E-state index in [4.69, 9.17) is 0 Å². The summed E-state index contributed by atoms with van der Waals surface area (Å²) >= 11 is 0. The molecule has 0 saturated carbocycles. The molecule has 2 N–H and O–H groups in total. The van der Waals surface area contributed by atoms with Gasteiger partial charge >= 0.3 is 0 Å². The fourth-order valence-corrected chi connectivity index (χ4v) is 2.13. The van der Waals surface area contributed by atoms with Crippen LogP contribution in [-0.2, 0) is 0 Å². The molecule has 0 spiro atoms. The number of aromatic nitrogens is 4. The first-order valence-electron chi connectivity index (χ1n) is 7.50. The number of nitrogens with one attached hydrogen (secondary N) is 2. The molecule has 2 aromatic rings. The van der Waals surface area contributed by atoms with Crippen LogP contribution in [0.2, 0.25) is 0 Å². The van der Waals surface area contributed by atoms with Crippen molar-refractivity contribution in [3.63, 3.8) is 0 Å². The van der Waals surface area contributed by atoms with Gasteiger partial charge in [0.2, 0.25) is 5.95 Å². The number of fused-ring (bicyclic) bond motifs is 1. The summed E-state index contributed by atoms with van der Waals surface area (Å²) in [6.07, 6.45) is 5.06. The second kappa shape index (κ2) is 7.07. The van der Waals surface area contributed by atoms with Crippen LogP contribution in [0.3, 0.4) is 0 Å². The quantitative estimate of drug-likeness (QED) is 0.776. The Balaban J connectivity index is 2.34. The van der Waals surface area contributed by atoms with Crippen molar-refractivity contribution in [2.24, 2.45) is 0 Å². The van der Waals surface area contributed by atoms with Crippen molar-refractivity contribution in [3.05, 3.63) is 6.33 Å². The lowest BCUT2D eigenvalue weighted by Gasteiger charge is -2.22. The predicted octanol–water partition coefficient (Wildman–Crippen LogP) is 2.80. The molecule has 0 unspecified atom stereocenters. The van der Waals surface area contributed by atoms with Gasteiger partial charge in [-0.15, -0.1) is 0 Å². The molecule has 2 rings (SSSR count). The summed E-state index contributed by atoms with van der Waals surface area (Å²) in [5.41, 5.74) is 1.65. The Hall–Kier alpha value is -1.85. The second-order valence-corrected chi connectivity index (χ2v) is 4.83. The van der Waals surface area contributed by atoms with Gasteiger partial charge in [0.05, 0.1) is 6.33 Å². The van der Waals surface area contributed by atoms with Crippen LogP contribution in [-0.4, -0.2) is 39.6 Å². The van der Waals surface area contributed by atoms with E-state index < -0.39 is 0 Å². The summed E-state index contributed by atoms with van der Waals surface area (Å²) in [6, 6.07) is 0. The number of imidazole rings is 1. The zero-order chi connectivity index (χ0) is 14.4. The highest BCUT2D eigenvalue weighted by Gasteiger charge is 2.14. The van der Waals surface area contributed by atoms with Gasteiger partial charge in [-0.3, -0.25) is 0 Å². The second-order valence-electron chi connectivity index (χ2n) is 4.83. The molecule has 0 atom stereocenters. The normalized spacial score (nSPS) is 10.9. The fraction of sp³-hybridized carbons (Fsp3) is 0.643. The Morgan fingerprint density at radius 1 is 1.20 bits per heavy atom. The maximum absolute atomic E-state index is 4.67. The lowest BCUT2D eigenvalue weighted by atomic mass is 10.3. The number of H-pyrrole nitrogens is 1. The molecule has 0 fully saturated rings. The molecule has 0 aliphatic rings. The molecule has 20 heavy (non-hydrogen) atoms. The van der Waals surface area contributed by atoms with E-state index in [2.05, 4.69) is 50.9 Å². The number of unbranched alkanes of at least 4 members (excludes halogenated alkanes) is 1. The zero-order valence-corrected chi connectivity index (χ0v) is 12.6. The van der Waals surface area contributed by atoms with Crippen molar-refractivity contribution >= 4 is 22.9 Å². The topological polar surface area (TPSA) is 69.7 Å². The van der Waals surface area contributed by atoms with Gasteiger partial charge in [-0.1, -0.05) is 20.3 Å². The first-order chi connectivity index (χ1) is 9.80. The average molecular weight is 276 g/mol. The molecule has 2 aromatic heterocycles. The highest BCUT2D eigenvalue weighted by atomic mass is 15.2. The first kappa shape index (κ1) is 14.6. The zero-order valence-electron chi connectivity index (χ0n) is 12.6. The molecular weight excluding hydrogens is 252 g/mol. The van der Waals surface area contributed by atoms with Crippen LogP contribution in [0.15, 0.2) is 6.33 Å². The minimum atomic E-state index is 0.663. The molecule has 0 aliphatic carbocycles.